The fraction of sp³-hybridized carbons (Fsp3) is 0.316. The molecule has 6 heteroatoms. The molecule has 3 N–H and O–H groups in total. The molecule has 0 heterocycles. The highest BCUT2D eigenvalue weighted by atomic mass is 16.5. The van der Waals surface area contributed by atoms with Gasteiger partial charge in [0.15, 0.2) is 0 Å². The molecule has 0 aliphatic carbocycles. The quantitative estimate of drug-likeness (QED) is 0.766. The summed E-state index contributed by atoms with van der Waals surface area (Å²) in [5.41, 5.74) is 7.63. The number of amides is 1. The van der Waals surface area contributed by atoms with Crippen LogP contribution in [-0.2, 0) is 11.2 Å². The van der Waals surface area contributed by atoms with Crippen LogP contribution in [0.3, 0.4) is 0 Å². The van der Waals surface area contributed by atoms with Gasteiger partial charge in [-0.2, -0.15) is 0 Å². The summed E-state index contributed by atoms with van der Waals surface area (Å²) >= 11 is 0. The standard InChI is InChI=1S/C19H24N2O4/c1-23-14-11-16(24-2)15(17(12-14)25-3)9-10-21-19(22)18(20)13-7-5-4-6-8-13/h4-8,11-12,18H,9-10,20H2,1-3H3,(H,21,22). The van der Waals surface area contributed by atoms with Gasteiger partial charge in [0.05, 0.1) is 21.3 Å². The molecule has 0 saturated carbocycles. The molecular formula is C19H24N2O4. The molecule has 0 spiro atoms. The predicted molar refractivity (Wildman–Crippen MR) is 96.2 cm³/mol. The number of carbonyl (C=O) groups excluding carboxylic acids is 1. The Morgan fingerprint density at radius 3 is 2.16 bits per heavy atom. The van der Waals surface area contributed by atoms with Crippen LogP contribution in [0.4, 0.5) is 0 Å². The molecule has 1 amide bonds. The third-order valence-electron chi connectivity index (χ3n) is 3.93. The second kappa shape index (κ2) is 8.94. The van der Waals surface area contributed by atoms with Crippen LogP contribution in [-0.4, -0.2) is 33.8 Å². The predicted octanol–water partition coefficient (Wildman–Crippen LogP) is 2.07. The van der Waals surface area contributed by atoms with Gasteiger partial charge in [-0.25, -0.2) is 0 Å². The SMILES string of the molecule is COc1cc(OC)c(CCNC(=O)C(N)c2ccccc2)c(OC)c1. The van der Waals surface area contributed by atoms with Crippen molar-refractivity contribution in [3.63, 3.8) is 0 Å². The van der Waals surface area contributed by atoms with E-state index in [0.29, 0.717) is 30.2 Å². The van der Waals surface area contributed by atoms with Gasteiger partial charge in [0.2, 0.25) is 5.91 Å². The number of hydrogen-bond donors (Lipinski definition) is 2. The first-order valence-corrected chi connectivity index (χ1v) is 7.97. The lowest BCUT2D eigenvalue weighted by molar-refractivity contribution is -0.122. The lowest BCUT2D eigenvalue weighted by Gasteiger charge is -2.16. The minimum Gasteiger partial charge on any atom is -0.496 e. The molecule has 134 valence electrons. The van der Waals surface area contributed by atoms with Gasteiger partial charge in [0.25, 0.3) is 0 Å². The number of methoxy groups -OCH3 is 3. The molecule has 2 aromatic rings. The van der Waals surface area contributed by atoms with Gasteiger partial charge < -0.3 is 25.3 Å². The number of rotatable bonds is 8. The molecule has 0 aliphatic heterocycles. The van der Waals surface area contributed by atoms with Crippen molar-refractivity contribution in [2.45, 2.75) is 12.5 Å². The number of carbonyl (C=O) groups is 1. The summed E-state index contributed by atoms with van der Waals surface area (Å²) in [5.74, 6) is 1.72. The van der Waals surface area contributed by atoms with Gasteiger partial charge in [0, 0.05) is 24.2 Å². The van der Waals surface area contributed by atoms with Gasteiger partial charge in [-0.3, -0.25) is 4.79 Å². The second-order valence-electron chi connectivity index (χ2n) is 5.44. The molecule has 2 aromatic carbocycles. The molecule has 0 fully saturated rings. The topological polar surface area (TPSA) is 82.8 Å². The molecule has 1 atom stereocenters. The Labute approximate surface area is 147 Å². The summed E-state index contributed by atoms with van der Waals surface area (Å²) in [6.07, 6.45) is 0.545. The van der Waals surface area contributed by atoms with E-state index in [2.05, 4.69) is 5.32 Å². The normalized spacial score (nSPS) is 11.5. The zero-order chi connectivity index (χ0) is 18.2. The Balaban J connectivity index is 2.02. The number of ether oxygens (including phenoxy) is 3. The van der Waals surface area contributed by atoms with E-state index in [9.17, 15) is 4.79 Å². The Kier molecular flexibility index (Phi) is 6.65. The second-order valence-corrected chi connectivity index (χ2v) is 5.44. The molecule has 6 nitrogen and oxygen atoms in total. The number of nitrogens with one attached hydrogen (secondary N) is 1. The van der Waals surface area contributed by atoms with E-state index in [1.54, 1.807) is 33.5 Å². The summed E-state index contributed by atoms with van der Waals surface area (Å²) in [7, 11) is 4.75. The van der Waals surface area contributed by atoms with Crippen molar-refractivity contribution in [2.24, 2.45) is 5.73 Å². The molecule has 0 aliphatic rings. The smallest absolute Gasteiger partial charge is 0.241 e. The van der Waals surface area contributed by atoms with Crippen molar-refractivity contribution in [3.8, 4) is 17.2 Å². The highest BCUT2D eigenvalue weighted by molar-refractivity contribution is 5.82. The molecule has 2 rings (SSSR count). The van der Waals surface area contributed by atoms with Crippen LogP contribution in [0.1, 0.15) is 17.2 Å². The maximum atomic E-state index is 12.2. The first-order chi connectivity index (χ1) is 12.1. The van der Waals surface area contributed by atoms with Crippen molar-refractivity contribution in [3.05, 3.63) is 53.6 Å². The minimum absolute atomic E-state index is 0.224. The van der Waals surface area contributed by atoms with Gasteiger partial charge >= 0.3 is 0 Å². The van der Waals surface area contributed by atoms with Gasteiger partial charge in [-0.15, -0.1) is 0 Å². The van der Waals surface area contributed by atoms with Crippen molar-refractivity contribution in [2.75, 3.05) is 27.9 Å². The van der Waals surface area contributed by atoms with Crippen molar-refractivity contribution in [1.29, 1.82) is 0 Å². The number of hydrogen-bond acceptors (Lipinski definition) is 5. The van der Waals surface area contributed by atoms with Crippen LogP contribution >= 0.6 is 0 Å². The van der Waals surface area contributed by atoms with Gasteiger partial charge in [0.1, 0.15) is 23.3 Å². The van der Waals surface area contributed by atoms with Crippen LogP contribution in [0.2, 0.25) is 0 Å². The summed E-state index contributed by atoms with van der Waals surface area (Å²) in [6.45, 7) is 0.415. The maximum Gasteiger partial charge on any atom is 0.241 e. The van der Waals surface area contributed by atoms with E-state index in [0.717, 1.165) is 11.1 Å². The van der Waals surface area contributed by atoms with E-state index in [-0.39, 0.29) is 5.91 Å². The van der Waals surface area contributed by atoms with Gasteiger partial charge in [-0.1, -0.05) is 30.3 Å². The summed E-state index contributed by atoms with van der Waals surface area (Å²) in [5, 5.41) is 2.85. The van der Waals surface area contributed by atoms with Crippen molar-refractivity contribution < 1.29 is 19.0 Å². The summed E-state index contributed by atoms with van der Waals surface area (Å²) in [6, 6.07) is 12.1. The van der Waals surface area contributed by atoms with E-state index < -0.39 is 6.04 Å². The first-order valence-electron chi connectivity index (χ1n) is 7.97. The number of benzene rings is 2. The molecule has 0 radical (unpaired) electrons. The monoisotopic (exact) mass is 344 g/mol. The van der Waals surface area contributed by atoms with E-state index >= 15 is 0 Å². The Bertz CT molecular complexity index is 679. The van der Waals surface area contributed by atoms with Crippen LogP contribution in [0.15, 0.2) is 42.5 Å². The largest absolute Gasteiger partial charge is 0.496 e. The van der Waals surface area contributed by atoms with E-state index in [1.807, 2.05) is 30.3 Å². The Morgan fingerprint density at radius 1 is 1.04 bits per heavy atom. The fourth-order valence-corrected chi connectivity index (χ4v) is 2.56. The third kappa shape index (κ3) is 4.64. The highest BCUT2D eigenvalue weighted by Gasteiger charge is 2.17. The van der Waals surface area contributed by atoms with E-state index in [1.165, 1.54) is 0 Å². The first kappa shape index (κ1) is 18.6. The number of nitrogens with two attached hydrogens (primary N) is 1. The van der Waals surface area contributed by atoms with Gasteiger partial charge in [-0.05, 0) is 12.0 Å². The highest BCUT2D eigenvalue weighted by Crippen LogP contribution is 2.34. The van der Waals surface area contributed by atoms with Crippen molar-refractivity contribution >= 4 is 5.91 Å². The van der Waals surface area contributed by atoms with Crippen LogP contribution in [0.5, 0.6) is 17.2 Å². The maximum absolute atomic E-state index is 12.2. The molecule has 0 saturated heterocycles. The van der Waals surface area contributed by atoms with Crippen LogP contribution < -0.4 is 25.3 Å². The molecule has 25 heavy (non-hydrogen) atoms. The molecule has 0 bridgehead atoms. The summed E-state index contributed by atoms with van der Waals surface area (Å²) < 4.78 is 16.0. The molecular weight excluding hydrogens is 320 g/mol. The lowest BCUT2D eigenvalue weighted by Crippen LogP contribution is -2.35. The third-order valence-corrected chi connectivity index (χ3v) is 3.93. The Hall–Kier alpha value is -2.73. The van der Waals surface area contributed by atoms with Crippen LogP contribution in [0.25, 0.3) is 0 Å². The van der Waals surface area contributed by atoms with Crippen LogP contribution in [0, 0.1) is 0 Å². The summed E-state index contributed by atoms with van der Waals surface area (Å²) in [4.78, 5) is 12.2. The Morgan fingerprint density at radius 2 is 1.64 bits per heavy atom. The van der Waals surface area contributed by atoms with E-state index in [4.69, 9.17) is 19.9 Å². The zero-order valence-corrected chi connectivity index (χ0v) is 14.7. The molecule has 1 unspecified atom stereocenters. The van der Waals surface area contributed by atoms with Crippen molar-refractivity contribution in [1.82, 2.24) is 5.32 Å². The lowest BCUT2D eigenvalue weighted by atomic mass is 10.1. The molecule has 0 aromatic heterocycles. The minimum atomic E-state index is -0.694. The fourth-order valence-electron chi connectivity index (χ4n) is 2.56. The average molecular weight is 344 g/mol. The average Bonchev–Trinajstić information content (AvgIpc) is 2.67. The zero-order valence-electron chi connectivity index (χ0n) is 14.7.